The Morgan fingerprint density at radius 2 is 1.96 bits per heavy atom. The second-order valence-corrected chi connectivity index (χ2v) is 6.95. The zero-order chi connectivity index (χ0) is 18.2. The fraction of sp³-hybridized carbons (Fsp3) is 0.737. The van der Waals surface area contributed by atoms with Crippen LogP contribution in [0.2, 0.25) is 0 Å². The third-order valence-electron chi connectivity index (χ3n) is 4.02. The Balaban J connectivity index is 2.80. The van der Waals surface area contributed by atoms with Crippen molar-refractivity contribution in [3.05, 3.63) is 23.1 Å². The lowest BCUT2D eigenvalue weighted by Crippen LogP contribution is -2.32. The van der Waals surface area contributed by atoms with E-state index < -0.39 is 0 Å². The SMILES string of the molecule is CCOCCOCC(C)(C)C1=C(CC)COC(NC(=O)C(C)C)=C1. The average Bonchev–Trinajstić information content (AvgIpc) is 2.54. The Hall–Kier alpha value is -1.33. The van der Waals surface area contributed by atoms with Crippen LogP contribution >= 0.6 is 0 Å². The molecule has 0 aromatic heterocycles. The largest absolute Gasteiger partial charge is 0.474 e. The van der Waals surface area contributed by atoms with Crippen molar-refractivity contribution >= 4 is 5.91 Å². The lowest BCUT2D eigenvalue weighted by atomic mass is 9.80. The number of hydrogen-bond donors (Lipinski definition) is 1. The highest BCUT2D eigenvalue weighted by molar-refractivity contribution is 5.79. The molecule has 138 valence electrons. The molecule has 0 bridgehead atoms. The van der Waals surface area contributed by atoms with E-state index in [1.807, 2.05) is 26.8 Å². The van der Waals surface area contributed by atoms with Gasteiger partial charge in [-0.15, -0.1) is 0 Å². The maximum atomic E-state index is 11.9. The van der Waals surface area contributed by atoms with Crippen molar-refractivity contribution in [1.82, 2.24) is 5.32 Å². The standard InChI is InChI=1S/C19H33NO4/c1-7-15-12-24-17(20-18(21)14(3)4)11-16(15)19(5,6)13-23-10-9-22-8-2/h11,14H,7-10,12-13H2,1-6H3,(H,20,21). The van der Waals surface area contributed by atoms with Gasteiger partial charge in [0.15, 0.2) is 5.88 Å². The molecule has 1 rings (SSSR count). The van der Waals surface area contributed by atoms with Crippen LogP contribution < -0.4 is 5.32 Å². The highest BCUT2D eigenvalue weighted by Crippen LogP contribution is 2.34. The number of hydrogen-bond acceptors (Lipinski definition) is 4. The van der Waals surface area contributed by atoms with E-state index in [1.165, 1.54) is 11.1 Å². The van der Waals surface area contributed by atoms with Gasteiger partial charge < -0.3 is 14.2 Å². The summed E-state index contributed by atoms with van der Waals surface area (Å²) in [7, 11) is 0. The summed E-state index contributed by atoms with van der Waals surface area (Å²) in [6.07, 6.45) is 2.87. The van der Waals surface area contributed by atoms with Gasteiger partial charge in [-0.05, 0) is 24.5 Å². The molecule has 0 atom stereocenters. The Morgan fingerprint density at radius 3 is 2.54 bits per heavy atom. The molecule has 0 aromatic carbocycles. The van der Waals surface area contributed by atoms with Gasteiger partial charge in [0.25, 0.3) is 0 Å². The van der Waals surface area contributed by atoms with Crippen molar-refractivity contribution in [1.29, 1.82) is 0 Å². The Bertz CT molecular complexity index is 478. The van der Waals surface area contributed by atoms with Crippen LogP contribution in [0.4, 0.5) is 0 Å². The molecule has 0 aromatic rings. The van der Waals surface area contributed by atoms with E-state index in [-0.39, 0.29) is 17.2 Å². The Kier molecular flexibility index (Phi) is 8.50. The van der Waals surface area contributed by atoms with Crippen LogP contribution in [0, 0.1) is 11.3 Å². The molecule has 1 heterocycles. The van der Waals surface area contributed by atoms with Gasteiger partial charge in [0.05, 0.1) is 19.8 Å². The molecule has 0 aliphatic carbocycles. The third-order valence-corrected chi connectivity index (χ3v) is 4.02. The number of rotatable bonds is 10. The molecule has 5 heteroatoms. The van der Waals surface area contributed by atoms with Crippen molar-refractivity contribution < 1.29 is 19.0 Å². The van der Waals surface area contributed by atoms with Gasteiger partial charge in [-0.25, -0.2) is 0 Å². The van der Waals surface area contributed by atoms with Gasteiger partial charge in [0, 0.05) is 24.0 Å². The number of amides is 1. The molecule has 0 fully saturated rings. The first-order chi connectivity index (χ1) is 11.3. The first-order valence-corrected chi connectivity index (χ1v) is 8.85. The maximum Gasteiger partial charge on any atom is 0.229 e. The fourth-order valence-corrected chi connectivity index (χ4v) is 2.49. The molecular weight excluding hydrogens is 306 g/mol. The van der Waals surface area contributed by atoms with E-state index >= 15 is 0 Å². The zero-order valence-corrected chi connectivity index (χ0v) is 16.0. The Morgan fingerprint density at radius 1 is 1.29 bits per heavy atom. The summed E-state index contributed by atoms with van der Waals surface area (Å²) in [6, 6.07) is 0. The summed E-state index contributed by atoms with van der Waals surface area (Å²) in [5.74, 6) is 0.416. The minimum absolute atomic E-state index is 0.0358. The van der Waals surface area contributed by atoms with Crippen molar-refractivity contribution in [3.8, 4) is 0 Å². The summed E-state index contributed by atoms with van der Waals surface area (Å²) >= 11 is 0. The topological polar surface area (TPSA) is 56.8 Å². The predicted octanol–water partition coefficient (Wildman–Crippen LogP) is 3.42. The summed E-state index contributed by atoms with van der Waals surface area (Å²) in [6.45, 7) is 15.1. The van der Waals surface area contributed by atoms with Crippen LogP contribution in [0.15, 0.2) is 23.1 Å². The quantitative estimate of drug-likeness (QED) is 0.620. The van der Waals surface area contributed by atoms with Gasteiger partial charge in [-0.1, -0.05) is 34.6 Å². The van der Waals surface area contributed by atoms with Gasteiger partial charge in [0.1, 0.15) is 6.61 Å². The minimum Gasteiger partial charge on any atom is -0.474 e. The highest BCUT2D eigenvalue weighted by atomic mass is 16.5. The lowest BCUT2D eigenvalue weighted by Gasteiger charge is -2.32. The Labute approximate surface area is 146 Å². The van der Waals surface area contributed by atoms with Crippen molar-refractivity contribution in [2.45, 2.75) is 48.0 Å². The number of nitrogens with one attached hydrogen (secondary N) is 1. The second-order valence-electron chi connectivity index (χ2n) is 6.95. The van der Waals surface area contributed by atoms with Gasteiger partial charge in [-0.3, -0.25) is 10.1 Å². The monoisotopic (exact) mass is 339 g/mol. The summed E-state index contributed by atoms with van der Waals surface area (Å²) in [4.78, 5) is 11.9. The van der Waals surface area contributed by atoms with Crippen LogP contribution in [0.1, 0.15) is 48.0 Å². The molecule has 0 unspecified atom stereocenters. The average molecular weight is 339 g/mol. The first kappa shape index (κ1) is 20.7. The third kappa shape index (κ3) is 6.29. The van der Waals surface area contributed by atoms with Crippen LogP contribution in [-0.4, -0.2) is 38.9 Å². The smallest absolute Gasteiger partial charge is 0.229 e. The predicted molar refractivity (Wildman–Crippen MR) is 95.4 cm³/mol. The molecule has 0 spiro atoms. The molecule has 1 aliphatic heterocycles. The van der Waals surface area contributed by atoms with E-state index in [1.54, 1.807) is 0 Å². The number of carbonyl (C=O) groups is 1. The van der Waals surface area contributed by atoms with E-state index in [0.717, 1.165) is 6.42 Å². The molecule has 24 heavy (non-hydrogen) atoms. The lowest BCUT2D eigenvalue weighted by molar-refractivity contribution is -0.124. The summed E-state index contributed by atoms with van der Waals surface area (Å²) in [5, 5.41) is 2.85. The molecule has 1 N–H and O–H groups in total. The normalized spacial score (nSPS) is 15.4. The maximum absolute atomic E-state index is 11.9. The zero-order valence-electron chi connectivity index (χ0n) is 16.0. The van der Waals surface area contributed by atoms with Crippen LogP contribution in [0.25, 0.3) is 0 Å². The second kappa shape index (κ2) is 9.84. The fourth-order valence-electron chi connectivity index (χ4n) is 2.49. The molecule has 0 saturated carbocycles. The van der Waals surface area contributed by atoms with Crippen LogP contribution in [0.5, 0.6) is 0 Å². The summed E-state index contributed by atoms with van der Waals surface area (Å²) < 4.78 is 16.8. The highest BCUT2D eigenvalue weighted by Gasteiger charge is 2.28. The minimum atomic E-state index is -0.158. The van der Waals surface area contributed by atoms with Gasteiger partial charge in [-0.2, -0.15) is 0 Å². The molecular formula is C19H33NO4. The van der Waals surface area contributed by atoms with Gasteiger partial charge in [0.2, 0.25) is 5.91 Å². The van der Waals surface area contributed by atoms with Crippen molar-refractivity contribution in [3.63, 3.8) is 0 Å². The van der Waals surface area contributed by atoms with Crippen LogP contribution in [0.3, 0.4) is 0 Å². The molecule has 0 saturated heterocycles. The first-order valence-electron chi connectivity index (χ1n) is 8.85. The molecule has 0 radical (unpaired) electrons. The van der Waals surface area contributed by atoms with Crippen LogP contribution in [-0.2, 0) is 19.0 Å². The molecule has 5 nitrogen and oxygen atoms in total. The van der Waals surface area contributed by atoms with E-state index in [4.69, 9.17) is 14.2 Å². The number of ether oxygens (including phenoxy) is 3. The van der Waals surface area contributed by atoms with Crippen molar-refractivity contribution in [2.24, 2.45) is 11.3 Å². The number of allylic oxidation sites excluding steroid dienone is 1. The van der Waals surface area contributed by atoms with E-state index in [9.17, 15) is 4.79 Å². The molecule has 1 amide bonds. The summed E-state index contributed by atoms with van der Waals surface area (Å²) in [5.41, 5.74) is 2.28. The molecule has 1 aliphatic rings. The number of carbonyl (C=O) groups excluding carboxylic acids is 1. The van der Waals surface area contributed by atoms with Crippen molar-refractivity contribution in [2.75, 3.05) is 33.0 Å². The van der Waals surface area contributed by atoms with E-state index in [0.29, 0.717) is 38.9 Å². The van der Waals surface area contributed by atoms with Gasteiger partial charge >= 0.3 is 0 Å². The van der Waals surface area contributed by atoms with E-state index in [2.05, 4.69) is 26.1 Å².